The molecule has 126 valence electrons. The fourth-order valence-corrected chi connectivity index (χ4v) is 2.70. The van der Waals surface area contributed by atoms with Gasteiger partial charge in [0.25, 0.3) is 0 Å². The number of benzene rings is 2. The number of fused-ring (bicyclic) bond motifs is 1. The second kappa shape index (κ2) is 7.25. The van der Waals surface area contributed by atoms with Crippen molar-refractivity contribution in [1.82, 2.24) is 4.90 Å². The molecule has 0 saturated carbocycles. The summed E-state index contributed by atoms with van der Waals surface area (Å²) in [4.78, 5) is 14.2. The summed E-state index contributed by atoms with van der Waals surface area (Å²) in [5.74, 6) is 2.27. The van der Waals surface area contributed by atoms with Crippen LogP contribution >= 0.6 is 0 Å². The van der Waals surface area contributed by atoms with Gasteiger partial charge < -0.3 is 19.1 Å². The first kappa shape index (κ1) is 16.2. The number of amides is 1. The predicted octanol–water partition coefficient (Wildman–Crippen LogP) is 2.67. The Balaban J connectivity index is 1.66. The van der Waals surface area contributed by atoms with E-state index >= 15 is 0 Å². The minimum Gasteiger partial charge on any atom is -0.496 e. The molecule has 0 atom stereocenters. The molecule has 1 aliphatic rings. The van der Waals surface area contributed by atoms with Crippen LogP contribution in [-0.2, 0) is 17.8 Å². The highest BCUT2D eigenvalue weighted by Gasteiger charge is 2.15. The molecule has 0 bridgehead atoms. The predicted molar refractivity (Wildman–Crippen MR) is 90.6 cm³/mol. The van der Waals surface area contributed by atoms with Crippen LogP contribution in [0.25, 0.3) is 0 Å². The average molecular weight is 327 g/mol. The molecule has 24 heavy (non-hydrogen) atoms. The number of carbonyl (C=O) groups excluding carboxylic acids is 1. The second-order valence-electron chi connectivity index (χ2n) is 5.72. The molecule has 0 saturated heterocycles. The Hall–Kier alpha value is -2.69. The Kier molecular flexibility index (Phi) is 4.89. The summed E-state index contributed by atoms with van der Waals surface area (Å²) in [6, 6.07) is 13.4. The maximum Gasteiger partial charge on any atom is 0.227 e. The van der Waals surface area contributed by atoms with Crippen molar-refractivity contribution in [2.75, 3.05) is 27.4 Å². The van der Waals surface area contributed by atoms with Crippen molar-refractivity contribution < 1.29 is 19.0 Å². The third-order valence-corrected chi connectivity index (χ3v) is 3.99. The van der Waals surface area contributed by atoms with Gasteiger partial charge in [0, 0.05) is 19.2 Å². The molecule has 2 aromatic carbocycles. The first-order valence-electron chi connectivity index (χ1n) is 7.92. The number of para-hydroxylation sites is 1. The summed E-state index contributed by atoms with van der Waals surface area (Å²) < 4.78 is 16.4. The van der Waals surface area contributed by atoms with Crippen LogP contribution in [-0.4, -0.2) is 38.2 Å². The Morgan fingerprint density at radius 3 is 2.67 bits per heavy atom. The van der Waals surface area contributed by atoms with Gasteiger partial charge in [-0.3, -0.25) is 4.79 Å². The number of rotatable bonds is 5. The van der Waals surface area contributed by atoms with E-state index in [0.29, 0.717) is 26.2 Å². The summed E-state index contributed by atoms with van der Waals surface area (Å²) in [6.45, 7) is 1.65. The van der Waals surface area contributed by atoms with Gasteiger partial charge in [0.1, 0.15) is 19.0 Å². The van der Waals surface area contributed by atoms with E-state index in [2.05, 4.69) is 0 Å². The third kappa shape index (κ3) is 3.62. The van der Waals surface area contributed by atoms with Crippen molar-refractivity contribution in [2.24, 2.45) is 0 Å². The molecule has 0 spiro atoms. The molecule has 5 nitrogen and oxygen atoms in total. The minimum absolute atomic E-state index is 0.0365. The zero-order valence-corrected chi connectivity index (χ0v) is 14.0. The van der Waals surface area contributed by atoms with Crippen molar-refractivity contribution in [3.05, 3.63) is 53.6 Å². The molecular formula is C19H21NO4. The SMILES string of the molecule is COc1ccccc1CC(=O)N(C)Cc1ccc2c(c1)OCCO2. The lowest BCUT2D eigenvalue weighted by molar-refractivity contribution is -0.129. The summed E-state index contributed by atoms with van der Waals surface area (Å²) in [6.07, 6.45) is 0.311. The van der Waals surface area contributed by atoms with Gasteiger partial charge in [0.15, 0.2) is 11.5 Å². The standard InChI is InChI=1S/C19H21NO4/c1-20(19(21)12-15-5-3-4-6-16(15)22-2)13-14-7-8-17-18(11-14)24-10-9-23-17/h3-8,11H,9-10,12-13H2,1-2H3. The van der Waals surface area contributed by atoms with Crippen molar-refractivity contribution >= 4 is 5.91 Å². The zero-order chi connectivity index (χ0) is 16.9. The fourth-order valence-electron chi connectivity index (χ4n) is 2.70. The maximum absolute atomic E-state index is 12.5. The highest BCUT2D eigenvalue weighted by Crippen LogP contribution is 2.31. The normalized spacial score (nSPS) is 12.6. The van der Waals surface area contributed by atoms with Crippen molar-refractivity contribution in [2.45, 2.75) is 13.0 Å². The number of likely N-dealkylation sites (N-methyl/N-ethyl adjacent to an activating group) is 1. The number of carbonyl (C=O) groups is 1. The van der Waals surface area contributed by atoms with Gasteiger partial charge in [-0.15, -0.1) is 0 Å². The van der Waals surface area contributed by atoms with Crippen LogP contribution in [0.4, 0.5) is 0 Å². The maximum atomic E-state index is 12.5. The largest absolute Gasteiger partial charge is 0.496 e. The lowest BCUT2D eigenvalue weighted by Gasteiger charge is -2.21. The number of nitrogens with zero attached hydrogens (tertiary/aromatic N) is 1. The van der Waals surface area contributed by atoms with Crippen molar-refractivity contribution in [1.29, 1.82) is 0 Å². The van der Waals surface area contributed by atoms with E-state index in [1.165, 1.54) is 0 Å². The molecule has 1 amide bonds. The highest BCUT2D eigenvalue weighted by molar-refractivity contribution is 5.79. The van der Waals surface area contributed by atoms with E-state index in [0.717, 1.165) is 28.4 Å². The molecule has 0 N–H and O–H groups in total. The molecule has 0 unspecified atom stereocenters. The summed E-state index contributed by atoms with van der Waals surface area (Å²) in [5.41, 5.74) is 1.90. The Labute approximate surface area is 141 Å². The Bertz CT molecular complexity index is 729. The summed E-state index contributed by atoms with van der Waals surface area (Å²) in [5, 5.41) is 0. The first-order chi connectivity index (χ1) is 11.7. The zero-order valence-electron chi connectivity index (χ0n) is 14.0. The molecular weight excluding hydrogens is 306 g/mol. The number of hydrogen-bond acceptors (Lipinski definition) is 4. The molecule has 1 heterocycles. The summed E-state index contributed by atoms with van der Waals surface area (Å²) in [7, 11) is 3.41. The van der Waals surface area contributed by atoms with E-state index in [-0.39, 0.29) is 5.91 Å². The monoisotopic (exact) mass is 327 g/mol. The van der Waals surface area contributed by atoms with E-state index in [4.69, 9.17) is 14.2 Å². The van der Waals surface area contributed by atoms with Crippen LogP contribution < -0.4 is 14.2 Å². The van der Waals surface area contributed by atoms with Gasteiger partial charge in [-0.25, -0.2) is 0 Å². The fraction of sp³-hybridized carbons (Fsp3) is 0.316. The minimum atomic E-state index is 0.0365. The molecule has 1 aliphatic heterocycles. The highest BCUT2D eigenvalue weighted by atomic mass is 16.6. The van der Waals surface area contributed by atoms with Crippen LogP contribution in [0.3, 0.4) is 0 Å². The van der Waals surface area contributed by atoms with Crippen LogP contribution in [0.15, 0.2) is 42.5 Å². The molecule has 5 heteroatoms. The summed E-state index contributed by atoms with van der Waals surface area (Å²) >= 11 is 0. The van der Waals surface area contributed by atoms with Gasteiger partial charge in [0.2, 0.25) is 5.91 Å². The van der Waals surface area contributed by atoms with E-state index in [9.17, 15) is 4.79 Å². The number of ether oxygens (including phenoxy) is 3. The number of methoxy groups -OCH3 is 1. The smallest absolute Gasteiger partial charge is 0.227 e. The molecule has 3 rings (SSSR count). The molecule has 0 aromatic heterocycles. The average Bonchev–Trinajstić information content (AvgIpc) is 2.62. The van der Waals surface area contributed by atoms with Gasteiger partial charge in [0.05, 0.1) is 13.5 Å². The topological polar surface area (TPSA) is 48.0 Å². The Morgan fingerprint density at radius 1 is 1.12 bits per heavy atom. The molecule has 0 aliphatic carbocycles. The van der Waals surface area contributed by atoms with Gasteiger partial charge in [-0.1, -0.05) is 24.3 Å². The van der Waals surface area contributed by atoms with Gasteiger partial charge >= 0.3 is 0 Å². The van der Waals surface area contributed by atoms with Crippen LogP contribution in [0.1, 0.15) is 11.1 Å². The van der Waals surface area contributed by atoms with E-state index in [1.54, 1.807) is 19.1 Å². The second-order valence-corrected chi connectivity index (χ2v) is 5.72. The van der Waals surface area contributed by atoms with Crippen LogP contribution in [0.5, 0.6) is 17.2 Å². The molecule has 0 radical (unpaired) electrons. The quantitative estimate of drug-likeness (QED) is 0.847. The van der Waals surface area contributed by atoms with Crippen LogP contribution in [0.2, 0.25) is 0 Å². The van der Waals surface area contributed by atoms with Crippen molar-refractivity contribution in [3.8, 4) is 17.2 Å². The van der Waals surface area contributed by atoms with E-state index in [1.807, 2.05) is 42.5 Å². The first-order valence-corrected chi connectivity index (χ1v) is 7.92. The van der Waals surface area contributed by atoms with Crippen LogP contribution in [0, 0.1) is 0 Å². The van der Waals surface area contributed by atoms with Crippen molar-refractivity contribution in [3.63, 3.8) is 0 Å². The van der Waals surface area contributed by atoms with Gasteiger partial charge in [-0.2, -0.15) is 0 Å². The molecule has 2 aromatic rings. The third-order valence-electron chi connectivity index (χ3n) is 3.99. The lowest BCUT2D eigenvalue weighted by atomic mass is 10.1. The number of hydrogen-bond donors (Lipinski definition) is 0. The van der Waals surface area contributed by atoms with E-state index < -0.39 is 0 Å². The lowest BCUT2D eigenvalue weighted by Crippen LogP contribution is -2.28. The Morgan fingerprint density at radius 2 is 1.88 bits per heavy atom. The molecule has 0 fully saturated rings. The van der Waals surface area contributed by atoms with Gasteiger partial charge in [-0.05, 0) is 23.8 Å².